The van der Waals surface area contributed by atoms with Crippen molar-refractivity contribution >= 4 is 11.7 Å². The first kappa shape index (κ1) is 12.4. The molecule has 0 radical (unpaired) electrons. The predicted octanol–water partition coefficient (Wildman–Crippen LogP) is -0.231. The van der Waals surface area contributed by atoms with E-state index in [-0.39, 0.29) is 5.78 Å². The van der Waals surface area contributed by atoms with E-state index >= 15 is 0 Å². The Balaban J connectivity index is 2.89. The minimum atomic E-state index is -1.65. The summed E-state index contributed by atoms with van der Waals surface area (Å²) < 4.78 is 0. The lowest BCUT2D eigenvalue weighted by Gasteiger charge is -2.15. The molecule has 1 amide bonds. The second-order valence-electron chi connectivity index (χ2n) is 3.47. The molecule has 5 nitrogen and oxygen atoms in total. The molecular formula is C11H13NO4. The van der Waals surface area contributed by atoms with Crippen molar-refractivity contribution in [3.63, 3.8) is 0 Å². The van der Waals surface area contributed by atoms with Gasteiger partial charge in [-0.2, -0.15) is 0 Å². The van der Waals surface area contributed by atoms with E-state index in [1.807, 2.05) is 0 Å². The Kier molecular flexibility index (Phi) is 3.76. The van der Waals surface area contributed by atoms with E-state index in [4.69, 9.17) is 5.73 Å². The van der Waals surface area contributed by atoms with Crippen molar-refractivity contribution < 1.29 is 19.8 Å². The molecule has 0 aromatic heterocycles. The minimum absolute atomic E-state index is 0.100. The van der Waals surface area contributed by atoms with Gasteiger partial charge in [0.25, 0.3) is 0 Å². The molecule has 0 saturated heterocycles. The zero-order chi connectivity index (χ0) is 12.3. The van der Waals surface area contributed by atoms with E-state index in [0.29, 0.717) is 11.1 Å². The van der Waals surface area contributed by atoms with E-state index in [0.717, 1.165) is 0 Å². The number of Topliss-reactive ketones (excluding diaryl/α,β-unsaturated/α-hetero) is 1. The smallest absolute Gasteiger partial charge is 0.249 e. The van der Waals surface area contributed by atoms with Crippen molar-refractivity contribution in [2.24, 2.45) is 5.73 Å². The summed E-state index contributed by atoms with van der Waals surface area (Å²) in [5.74, 6) is -1.10. The van der Waals surface area contributed by atoms with Crippen molar-refractivity contribution in [1.29, 1.82) is 0 Å². The molecule has 2 unspecified atom stereocenters. The fourth-order valence-corrected chi connectivity index (χ4v) is 1.25. The molecule has 0 bridgehead atoms. The summed E-state index contributed by atoms with van der Waals surface area (Å²) >= 11 is 0. The predicted molar refractivity (Wildman–Crippen MR) is 56.6 cm³/mol. The summed E-state index contributed by atoms with van der Waals surface area (Å²) in [6.45, 7) is 1.42. The van der Waals surface area contributed by atoms with Gasteiger partial charge in [0.1, 0.15) is 6.10 Å². The van der Waals surface area contributed by atoms with Gasteiger partial charge in [0, 0.05) is 5.56 Å². The highest BCUT2D eigenvalue weighted by Gasteiger charge is 2.23. The zero-order valence-electron chi connectivity index (χ0n) is 8.75. The van der Waals surface area contributed by atoms with Crippen molar-refractivity contribution in [3.8, 4) is 0 Å². The zero-order valence-corrected chi connectivity index (χ0v) is 8.75. The molecule has 0 fully saturated rings. The standard InChI is InChI=1S/C11H13NO4/c1-6(13)7-2-4-8(5-3-7)9(14)10(15)11(12)16/h2-5,9-10,14-15H,1H3,(H2,12,16). The molecule has 0 heterocycles. The van der Waals surface area contributed by atoms with E-state index in [2.05, 4.69) is 0 Å². The lowest BCUT2D eigenvalue weighted by molar-refractivity contribution is -0.131. The van der Waals surface area contributed by atoms with Crippen LogP contribution in [0.25, 0.3) is 0 Å². The number of hydrogen-bond donors (Lipinski definition) is 3. The summed E-state index contributed by atoms with van der Waals surface area (Å²) in [4.78, 5) is 21.6. The van der Waals surface area contributed by atoms with Gasteiger partial charge in [0.2, 0.25) is 5.91 Å². The number of rotatable bonds is 4. The molecule has 4 N–H and O–H groups in total. The Hall–Kier alpha value is -1.72. The number of hydrogen-bond acceptors (Lipinski definition) is 4. The fourth-order valence-electron chi connectivity index (χ4n) is 1.25. The van der Waals surface area contributed by atoms with Crippen LogP contribution in [0.3, 0.4) is 0 Å². The molecule has 0 aliphatic heterocycles. The highest BCUT2D eigenvalue weighted by atomic mass is 16.3. The maximum Gasteiger partial charge on any atom is 0.249 e. The van der Waals surface area contributed by atoms with Gasteiger partial charge in [0.05, 0.1) is 0 Å². The van der Waals surface area contributed by atoms with Crippen LogP contribution in [0, 0.1) is 0 Å². The van der Waals surface area contributed by atoms with Gasteiger partial charge in [-0.3, -0.25) is 9.59 Å². The molecule has 16 heavy (non-hydrogen) atoms. The maximum atomic E-state index is 11.0. The fraction of sp³-hybridized carbons (Fsp3) is 0.273. The van der Waals surface area contributed by atoms with Gasteiger partial charge in [-0.1, -0.05) is 24.3 Å². The number of amides is 1. The van der Waals surface area contributed by atoms with Gasteiger partial charge >= 0.3 is 0 Å². The topological polar surface area (TPSA) is 101 Å². The largest absolute Gasteiger partial charge is 0.385 e. The molecule has 0 aliphatic rings. The third-order valence-electron chi connectivity index (χ3n) is 2.25. The van der Waals surface area contributed by atoms with E-state index < -0.39 is 18.1 Å². The number of carbonyl (C=O) groups excluding carboxylic acids is 2. The molecule has 0 aliphatic carbocycles. The molecule has 5 heteroatoms. The molecule has 1 rings (SSSR count). The van der Waals surface area contributed by atoms with E-state index in [9.17, 15) is 19.8 Å². The minimum Gasteiger partial charge on any atom is -0.385 e. The SMILES string of the molecule is CC(=O)c1ccc(C(O)C(O)C(N)=O)cc1. The van der Waals surface area contributed by atoms with Gasteiger partial charge in [-0.05, 0) is 12.5 Å². The third kappa shape index (κ3) is 2.65. The lowest BCUT2D eigenvalue weighted by Crippen LogP contribution is -2.33. The molecule has 1 aromatic rings. The van der Waals surface area contributed by atoms with Crippen LogP contribution >= 0.6 is 0 Å². The number of ketones is 1. The van der Waals surface area contributed by atoms with Crippen LogP contribution < -0.4 is 5.73 Å². The van der Waals surface area contributed by atoms with Crippen LogP contribution in [0.2, 0.25) is 0 Å². The Morgan fingerprint density at radius 1 is 1.19 bits per heavy atom. The number of benzene rings is 1. The number of nitrogens with two attached hydrogens (primary N) is 1. The molecule has 2 atom stereocenters. The average Bonchev–Trinajstić information content (AvgIpc) is 2.27. The number of aliphatic hydroxyl groups is 2. The Bertz CT molecular complexity index is 399. The van der Waals surface area contributed by atoms with Gasteiger partial charge in [-0.15, -0.1) is 0 Å². The first-order valence-electron chi connectivity index (χ1n) is 4.70. The van der Waals surface area contributed by atoms with Crippen molar-refractivity contribution in [3.05, 3.63) is 35.4 Å². The van der Waals surface area contributed by atoms with E-state index in [1.165, 1.54) is 31.2 Å². The van der Waals surface area contributed by atoms with Crippen molar-refractivity contribution in [1.82, 2.24) is 0 Å². The highest BCUT2D eigenvalue weighted by Crippen LogP contribution is 2.17. The molecular weight excluding hydrogens is 210 g/mol. The van der Waals surface area contributed by atoms with Crippen LogP contribution in [0.4, 0.5) is 0 Å². The Morgan fingerprint density at radius 3 is 2.06 bits per heavy atom. The normalized spacial score (nSPS) is 14.2. The van der Waals surface area contributed by atoms with Crippen molar-refractivity contribution in [2.45, 2.75) is 19.1 Å². The Morgan fingerprint density at radius 2 is 1.69 bits per heavy atom. The third-order valence-corrected chi connectivity index (χ3v) is 2.25. The summed E-state index contributed by atoms with van der Waals surface area (Å²) in [5.41, 5.74) is 5.67. The van der Waals surface area contributed by atoms with Crippen LogP contribution in [-0.4, -0.2) is 28.0 Å². The van der Waals surface area contributed by atoms with Crippen LogP contribution in [0.1, 0.15) is 28.9 Å². The van der Waals surface area contributed by atoms with Gasteiger partial charge in [0.15, 0.2) is 11.9 Å². The first-order valence-corrected chi connectivity index (χ1v) is 4.70. The average molecular weight is 223 g/mol. The summed E-state index contributed by atoms with van der Waals surface area (Å²) in [6.07, 6.45) is -3.03. The first-order chi connectivity index (χ1) is 7.43. The molecule has 1 aromatic carbocycles. The molecule has 0 spiro atoms. The van der Waals surface area contributed by atoms with Crippen LogP contribution in [0.5, 0.6) is 0 Å². The number of aliphatic hydroxyl groups excluding tert-OH is 2. The monoisotopic (exact) mass is 223 g/mol. The summed E-state index contributed by atoms with van der Waals surface area (Å²) in [6, 6.07) is 5.95. The second-order valence-corrected chi connectivity index (χ2v) is 3.47. The number of carbonyl (C=O) groups is 2. The highest BCUT2D eigenvalue weighted by molar-refractivity contribution is 5.94. The van der Waals surface area contributed by atoms with Crippen molar-refractivity contribution in [2.75, 3.05) is 0 Å². The van der Waals surface area contributed by atoms with Gasteiger partial charge < -0.3 is 15.9 Å². The second kappa shape index (κ2) is 4.87. The van der Waals surface area contributed by atoms with Gasteiger partial charge in [-0.25, -0.2) is 0 Å². The molecule has 86 valence electrons. The number of primary amides is 1. The quantitative estimate of drug-likeness (QED) is 0.613. The lowest BCUT2D eigenvalue weighted by atomic mass is 10.0. The summed E-state index contributed by atoms with van der Waals surface area (Å²) in [5, 5.41) is 18.8. The Labute approximate surface area is 92.5 Å². The summed E-state index contributed by atoms with van der Waals surface area (Å²) in [7, 11) is 0. The van der Waals surface area contributed by atoms with Crippen LogP contribution in [-0.2, 0) is 4.79 Å². The molecule has 0 saturated carbocycles. The maximum absolute atomic E-state index is 11.0. The van der Waals surface area contributed by atoms with Crippen LogP contribution in [0.15, 0.2) is 24.3 Å². The van der Waals surface area contributed by atoms with E-state index in [1.54, 1.807) is 0 Å².